The Labute approximate surface area is 112 Å². The molecule has 1 aliphatic heterocycles. The highest BCUT2D eigenvalue weighted by Gasteiger charge is 2.33. The van der Waals surface area contributed by atoms with Gasteiger partial charge in [-0.2, -0.15) is 0 Å². The highest BCUT2D eigenvalue weighted by molar-refractivity contribution is 5.85. The molecule has 0 aliphatic carbocycles. The number of carbonyl (C=O) groups excluding carboxylic acids is 2. The molecule has 108 valence electrons. The molecule has 0 aromatic rings. The van der Waals surface area contributed by atoms with Gasteiger partial charge >= 0.3 is 5.97 Å². The van der Waals surface area contributed by atoms with Crippen LogP contribution in [0.4, 0.5) is 0 Å². The van der Waals surface area contributed by atoms with Gasteiger partial charge in [0.1, 0.15) is 6.04 Å². The van der Waals surface area contributed by atoms with Crippen LogP contribution < -0.4 is 10.6 Å². The van der Waals surface area contributed by atoms with E-state index in [1.807, 2.05) is 13.8 Å². The summed E-state index contributed by atoms with van der Waals surface area (Å²) in [5.41, 5.74) is 0. The molecule has 1 unspecified atom stereocenters. The number of rotatable bonds is 6. The van der Waals surface area contributed by atoms with E-state index in [2.05, 4.69) is 10.6 Å². The predicted molar refractivity (Wildman–Crippen MR) is 68.5 cm³/mol. The summed E-state index contributed by atoms with van der Waals surface area (Å²) >= 11 is 0. The van der Waals surface area contributed by atoms with E-state index in [0.717, 1.165) is 12.8 Å². The minimum atomic E-state index is -1.03. The number of carboxylic acid groups (broad SMARTS) is 1. The van der Waals surface area contributed by atoms with Crippen molar-refractivity contribution < 1.29 is 19.5 Å². The van der Waals surface area contributed by atoms with Crippen molar-refractivity contribution in [3.8, 4) is 0 Å². The maximum Gasteiger partial charge on any atom is 0.322 e. The summed E-state index contributed by atoms with van der Waals surface area (Å²) in [5, 5.41) is 14.4. The van der Waals surface area contributed by atoms with Crippen LogP contribution in [0.3, 0.4) is 0 Å². The normalized spacial score (nSPS) is 20.2. The first-order valence-electron chi connectivity index (χ1n) is 6.50. The van der Waals surface area contributed by atoms with Crippen LogP contribution in [0.25, 0.3) is 0 Å². The molecule has 3 N–H and O–H groups in total. The lowest BCUT2D eigenvalue weighted by Crippen LogP contribution is -2.59. The first-order chi connectivity index (χ1) is 8.97. The molecule has 0 spiro atoms. The highest BCUT2D eigenvalue weighted by Crippen LogP contribution is 2.04. The van der Waals surface area contributed by atoms with E-state index in [9.17, 15) is 14.4 Å². The Morgan fingerprint density at radius 2 is 2.11 bits per heavy atom. The molecule has 19 heavy (non-hydrogen) atoms. The second-order valence-corrected chi connectivity index (χ2v) is 4.64. The van der Waals surface area contributed by atoms with Gasteiger partial charge in [-0.05, 0) is 12.8 Å². The number of carbonyl (C=O) groups is 3. The summed E-state index contributed by atoms with van der Waals surface area (Å²) < 4.78 is 0. The SMILES string of the molecule is CCC(CC)NC(=O)CN1CC(=O)NCC1C(=O)O. The van der Waals surface area contributed by atoms with E-state index in [1.54, 1.807) is 0 Å². The standard InChI is InChI=1S/C12H21N3O4/c1-3-8(4-2)14-11(17)7-15-6-10(16)13-5-9(15)12(18)19/h8-9H,3-7H2,1-2H3,(H,13,16)(H,14,17)(H,18,19). The lowest BCUT2D eigenvalue weighted by atomic mass is 10.1. The Morgan fingerprint density at radius 3 is 2.63 bits per heavy atom. The molecular weight excluding hydrogens is 250 g/mol. The Balaban J connectivity index is 2.58. The van der Waals surface area contributed by atoms with Crippen molar-refractivity contribution in [2.75, 3.05) is 19.6 Å². The molecule has 1 aliphatic rings. The zero-order valence-electron chi connectivity index (χ0n) is 11.3. The van der Waals surface area contributed by atoms with Crippen molar-refractivity contribution in [1.82, 2.24) is 15.5 Å². The van der Waals surface area contributed by atoms with Gasteiger partial charge in [-0.15, -0.1) is 0 Å². The molecule has 0 radical (unpaired) electrons. The summed E-state index contributed by atoms with van der Waals surface area (Å²) in [6, 6.07) is -0.750. The van der Waals surface area contributed by atoms with Crippen molar-refractivity contribution >= 4 is 17.8 Å². The van der Waals surface area contributed by atoms with Gasteiger partial charge in [0.25, 0.3) is 0 Å². The fourth-order valence-electron chi connectivity index (χ4n) is 2.05. The second kappa shape index (κ2) is 7.08. The molecule has 0 bridgehead atoms. The van der Waals surface area contributed by atoms with Gasteiger partial charge in [-0.25, -0.2) is 0 Å². The van der Waals surface area contributed by atoms with Crippen molar-refractivity contribution in [3.05, 3.63) is 0 Å². The monoisotopic (exact) mass is 271 g/mol. The van der Waals surface area contributed by atoms with E-state index in [4.69, 9.17) is 5.11 Å². The minimum absolute atomic E-state index is 0.0342. The molecule has 7 heteroatoms. The molecule has 0 saturated carbocycles. The number of hydrogen-bond acceptors (Lipinski definition) is 4. The molecular formula is C12H21N3O4. The molecule has 1 saturated heterocycles. The Bertz CT molecular complexity index is 355. The molecule has 1 atom stereocenters. The van der Waals surface area contributed by atoms with Crippen LogP contribution >= 0.6 is 0 Å². The van der Waals surface area contributed by atoms with Crippen molar-refractivity contribution in [1.29, 1.82) is 0 Å². The van der Waals surface area contributed by atoms with Crippen LogP contribution in [0.15, 0.2) is 0 Å². The smallest absolute Gasteiger partial charge is 0.322 e. The number of aliphatic carboxylic acids is 1. The van der Waals surface area contributed by atoms with Crippen molar-refractivity contribution in [3.63, 3.8) is 0 Å². The number of piperazine rings is 1. The largest absolute Gasteiger partial charge is 0.480 e. The molecule has 2 amide bonds. The van der Waals surface area contributed by atoms with E-state index >= 15 is 0 Å². The predicted octanol–water partition coefficient (Wildman–Crippen LogP) is -0.824. The zero-order valence-corrected chi connectivity index (χ0v) is 11.3. The number of nitrogens with one attached hydrogen (secondary N) is 2. The van der Waals surface area contributed by atoms with E-state index in [1.165, 1.54) is 4.90 Å². The van der Waals surface area contributed by atoms with Crippen LogP contribution in [0.5, 0.6) is 0 Å². The number of nitrogens with zero attached hydrogens (tertiary/aromatic N) is 1. The maximum atomic E-state index is 11.8. The third kappa shape index (κ3) is 4.51. The van der Waals surface area contributed by atoms with Gasteiger partial charge in [-0.3, -0.25) is 19.3 Å². The Morgan fingerprint density at radius 1 is 1.47 bits per heavy atom. The second-order valence-electron chi connectivity index (χ2n) is 4.64. The molecule has 0 aromatic carbocycles. The van der Waals surface area contributed by atoms with Gasteiger partial charge in [0.05, 0.1) is 13.1 Å². The Kier molecular flexibility index (Phi) is 5.75. The number of amides is 2. The van der Waals surface area contributed by atoms with Gasteiger partial charge < -0.3 is 15.7 Å². The average Bonchev–Trinajstić information content (AvgIpc) is 2.35. The lowest BCUT2D eigenvalue weighted by Gasteiger charge is -2.32. The lowest BCUT2D eigenvalue weighted by molar-refractivity contribution is -0.146. The van der Waals surface area contributed by atoms with Crippen LogP contribution in [0.1, 0.15) is 26.7 Å². The first kappa shape index (κ1) is 15.4. The topological polar surface area (TPSA) is 98.7 Å². The van der Waals surface area contributed by atoms with Crippen LogP contribution in [0.2, 0.25) is 0 Å². The number of hydrogen-bond donors (Lipinski definition) is 3. The van der Waals surface area contributed by atoms with E-state index in [0.29, 0.717) is 0 Å². The first-order valence-corrected chi connectivity index (χ1v) is 6.50. The number of carboxylic acids is 1. The Hall–Kier alpha value is -1.63. The molecule has 1 fully saturated rings. The highest BCUT2D eigenvalue weighted by atomic mass is 16.4. The zero-order chi connectivity index (χ0) is 14.4. The summed E-state index contributed by atoms with van der Waals surface area (Å²) in [4.78, 5) is 35.6. The summed E-state index contributed by atoms with van der Waals surface area (Å²) in [7, 11) is 0. The van der Waals surface area contributed by atoms with Crippen LogP contribution in [-0.4, -0.2) is 59.5 Å². The maximum absolute atomic E-state index is 11.8. The third-order valence-corrected chi connectivity index (χ3v) is 3.26. The van der Waals surface area contributed by atoms with Gasteiger partial charge in [0.2, 0.25) is 11.8 Å². The molecule has 1 heterocycles. The summed E-state index contributed by atoms with van der Waals surface area (Å²) in [6.07, 6.45) is 1.65. The minimum Gasteiger partial charge on any atom is -0.480 e. The van der Waals surface area contributed by atoms with E-state index < -0.39 is 12.0 Å². The molecule has 1 rings (SSSR count). The van der Waals surface area contributed by atoms with Gasteiger partial charge in [0.15, 0.2) is 0 Å². The summed E-state index contributed by atoms with van der Waals surface area (Å²) in [6.45, 7) is 3.85. The summed E-state index contributed by atoms with van der Waals surface area (Å²) in [5.74, 6) is -1.53. The quantitative estimate of drug-likeness (QED) is 0.586. The average molecular weight is 271 g/mol. The van der Waals surface area contributed by atoms with Crippen molar-refractivity contribution in [2.45, 2.75) is 38.8 Å². The van der Waals surface area contributed by atoms with Crippen LogP contribution in [-0.2, 0) is 14.4 Å². The van der Waals surface area contributed by atoms with E-state index in [-0.39, 0.29) is 37.5 Å². The fraction of sp³-hybridized carbons (Fsp3) is 0.750. The van der Waals surface area contributed by atoms with Crippen molar-refractivity contribution in [2.24, 2.45) is 0 Å². The fourth-order valence-corrected chi connectivity index (χ4v) is 2.05. The molecule has 0 aromatic heterocycles. The van der Waals surface area contributed by atoms with Gasteiger partial charge in [-0.1, -0.05) is 13.8 Å². The van der Waals surface area contributed by atoms with Crippen LogP contribution in [0, 0.1) is 0 Å². The molecule has 7 nitrogen and oxygen atoms in total. The van der Waals surface area contributed by atoms with Gasteiger partial charge in [0, 0.05) is 12.6 Å². The third-order valence-electron chi connectivity index (χ3n) is 3.26.